The highest BCUT2D eigenvalue weighted by Crippen LogP contribution is 2.28. The molecule has 0 aliphatic heterocycles. The first-order chi connectivity index (χ1) is 14.3. The lowest BCUT2D eigenvalue weighted by Gasteiger charge is -2.16. The van der Waals surface area contributed by atoms with E-state index in [4.69, 9.17) is 21.0 Å². The zero-order chi connectivity index (χ0) is 22.1. The Labute approximate surface area is 183 Å². The van der Waals surface area contributed by atoms with Crippen molar-refractivity contribution in [2.45, 2.75) is 25.8 Å². The number of anilines is 1. The molecule has 8 nitrogen and oxygen atoms in total. The van der Waals surface area contributed by atoms with Crippen LogP contribution in [0.5, 0.6) is 5.75 Å². The Morgan fingerprint density at radius 3 is 2.50 bits per heavy atom. The summed E-state index contributed by atoms with van der Waals surface area (Å²) in [4.78, 5) is 24.3. The zero-order valence-corrected chi connectivity index (χ0v) is 18.2. The Hall–Kier alpha value is -2.91. The third-order valence-electron chi connectivity index (χ3n) is 4.19. The normalized spacial score (nSPS) is 11.4. The SMILES string of the molecule is CC(NC(=O)CC(=O)Nc1ccc(C(=N)N)cc1)c1ccc(OCCCO)c(Br)c1. The quantitative estimate of drug-likeness (QED) is 0.155. The van der Waals surface area contributed by atoms with Gasteiger partial charge >= 0.3 is 0 Å². The summed E-state index contributed by atoms with van der Waals surface area (Å²) < 4.78 is 6.30. The predicted molar refractivity (Wildman–Crippen MR) is 119 cm³/mol. The van der Waals surface area contributed by atoms with Crippen molar-refractivity contribution in [2.24, 2.45) is 5.73 Å². The van der Waals surface area contributed by atoms with Crippen molar-refractivity contribution >= 4 is 39.3 Å². The number of rotatable bonds is 10. The highest BCUT2D eigenvalue weighted by molar-refractivity contribution is 9.10. The topological polar surface area (TPSA) is 138 Å². The molecule has 0 radical (unpaired) electrons. The summed E-state index contributed by atoms with van der Waals surface area (Å²) in [6.07, 6.45) is 0.228. The molecule has 30 heavy (non-hydrogen) atoms. The van der Waals surface area contributed by atoms with E-state index in [1.54, 1.807) is 30.3 Å². The molecule has 0 aliphatic carbocycles. The first-order valence-corrected chi connectivity index (χ1v) is 10.2. The third kappa shape index (κ3) is 7.16. The van der Waals surface area contributed by atoms with E-state index >= 15 is 0 Å². The van der Waals surface area contributed by atoms with Gasteiger partial charge in [-0.05, 0) is 64.8 Å². The number of nitrogen functional groups attached to an aromatic ring is 1. The molecule has 0 aromatic heterocycles. The lowest BCUT2D eigenvalue weighted by Crippen LogP contribution is -2.30. The largest absolute Gasteiger partial charge is 0.492 e. The van der Waals surface area contributed by atoms with Crippen LogP contribution < -0.4 is 21.1 Å². The van der Waals surface area contributed by atoms with Crippen molar-refractivity contribution in [1.29, 1.82) is 5.41 Å². The number of benzene rings is 2. The molecule has 0 spiro atoms. The number of amidine groups is 1. The lowest BCUT2D eigenvalue weighted by molar-refractivity contribution is -0.127. The second-order valence-corrected chi connectivity index (χ2v) is 7.47. The van der Waals surface area contributed by atoms with E-state index in [-0.39, 0.29) is 24.9 Å². The van der Waals surface area contributed by atoms with E-state index in [9.17, 15) is 9.59 Å². The summed E-state index contributed by atoms with van der Waals surface area (Å²) in [5.74, 6) is -0.248. The summed E-state index contributed by atoms with van der Waals surface area (Å²) in [6.45, 7) is 2.30. The fraction of sp³-hybridized carbons (Fsp3) is 0.286. The summed E-state index contributed by atoms with van der Waals surface area (Å²) >= 11 is 3.44. The van der Waals surface area contributed by atoms with Crippen molar-refractivity contribution in [3.8, 4) is 5.75 Å². The number of ether oxygens (including phenoxy) is 1. The van der Waals surface area contributed by atoms with E-state index < -0.39 is 11.8 Å². The van der Waals surface area contributed by atoms with Gasteiger partial charge in [-0.3, -0.25) is 15.0 Å². The molecule has 2 rings (SSSR count). The van der Waals surface area contributed by atoms with Crippen LogP contribution in [0, 0.1) is 5.41 Å². The van der Waals surface area contributed by atoms with Gasteiger partial charge < -0.3 is 26.2 Å². The van der Waals surface area contributed by atoms with Gasteiger partial charge in [0, 0.05) is 24.3 Å². The highest BCUT2D eigenvalue weighted by Gasteiger charge is 2.15. The van der Waals surface area contributed by atoms with Crippen molar-refractivity contribution < 1.29 is 19.4 Å². The maximum absolute atomic E-state index is 12.2. The lowest BCUT2D eigenvalue weighted by atomic mass is 10.1. The van der Waals surface area contributed by atoms with Crippen LogP contribution in [0.1, 0.15) is 36.9 Å². The van der Waals surface area contributed by atoms with Crippen molar-refractivity contribution in [3.63, 3.8) is 0 Å². The van der Waals surface area contributed by atoms with Crippen molar-refractivity contribution in [2.75, 3.05) is 18.5 Å². The molecule has 9 heteroatoms. The van der Waals surface area contributed by atoms with Crippen LogP contribution in [-0.2, 0) is 9.59 Å². The maximum atomic E-state index is 12.2. The molecule has 0 aliphatic rings. The number of carbonyl (C=O) groups is 2. The van der Waals surface area contributed by atoms with Gasteiger partial charge in [0.05, 0.1) is 17.1 Å². The molecular formula is C21H25BrN4O4. The second kappa shape index (κ2) is 11.3. The van der Waals surface area contributed by atoms with E-state index in [0.717, 1.165) is 10.0 Å². The number of nitrogens with two attached hydrogens (primary N) is 1. The summed E-state index contributed by atoms with van der Waals surface area (Å²) in [5, 5.41) is 21.6. The number of nitrogens with one attached hydrogen (secondary N) is 3. The molecule has 0 heterocycles. The van der Waals surface area contributed by atoms with Crippen molar-refractivity contribution in [1.82, 2.24) is 5.32 Å². The molecule has 0 saturated heterocycles. The predicted octanol–water partition coefficient (Wildman–Crippen LogP) is 2.70. The van der Waals surface area contributed by atoms with Gasteiger partial charge in [0.2, 0.25) is 11.8 Å². The third-order valence-corrected chi connectivity index (χ3v) is 4.81. The monoisotopic (exact) mass is 476 g/mol. The van der Waals surface area contributed by atoms with Crippen molar-refractivity contribution in [3.05, 3.63) is 58.1 Å². The minimum Gasteiger partial charge on any atom is -0.492 e. The van der Waals surface area contributed by atoms with Gasteiger partial charge in [0.1, 0.15) is 18.0 Å². The Kier molecular flexibility index (Phi) is 8.82. The molecule has 2 amide bonds. The molecule has 1 unspecified atom stereocenters. The number of halogens is 1. The zero-order valence-electron chi connectivity index (χ0n) is 16.6. The molecule has 2 aromatic carbocycles. The number of aliphatic hydroxyl groups excluding tert-OH is 1. The van der Waals surface area contributed by atoms with Crippen LogP contribution >= 0.6 is 15.9 Å². The van der Waals surface area contributed by atoms with Crippen LogP contribution in [0.25, 0.3) is 0 Å². The molecule has 6 N–H and O–H groups in total. The molecule has 0 bridgehead atoms. The van der Waals surface area contributed by atoms with Gasteiger partial charge in [-0.2, -0.15) is 0 Å². The van der Waals surface area contributed by atoms with Gasteiger partial charge in [0.25, 0.3) is 0 Å². The first-order valence-electron chi connectivity index (χ1n) is 9.37. The van der Waals surface area contributed by atoms with Crippen LogP contribution in [0.15, 0.2) is 46.9 Å². The average molecular weight is 477 g/mol. The smallest absolute Gasteiger partial charge is 0.233 e. The average Bonchev–Trinajstić information content (AvgIpc) is 2.69. The number of amides is 2. The second-order valence-electron chi connectivity index (χ2n) is 6.62. The van der Waals surface area contributed by atoms with Crippen LogP contribution in [0.4, 0.5) is 5.69 Å². The fourth-order valence-corrected chi connectivity index (χ4v) is 3.12. The molecule has 0 fully saturated rings. The summed E-state index contributed by atoms with van der Waals surface area (Å²) in [6, 6.07) is 11.6. The van der Waals surface area contributed by atoms with Gasteiger partial charge in [-0.25, -0.2) is 0 Å². The Balaban J connectivity index is 1.86. The summed E-state index contributed by atoms with van der Waals surface area (Å²) in [5.41, 5.74) is 7.32. The molecule has 160 valence electrons. The van der Waals surface area contributed by atoms with Crippen LogP contribution in [0.3, 0.4) is 0 Å². The van der Waals surface area contributed by atoms with Crippen LogP contribution in [-0.4, -0.2) is 36.0 Å². The highest BCUT2D eigenvalue weighted by atomic mass is 79.9. The first kappa shape index (κ1) is 23.4. The number of hydrogen-bond acceptors (Lipinski definition) is 5. The summed E-state index contributed by atoms with van der Waals surface area (Å²) in [7, 11) is 0. The molecular weight excluding hydrogens is 452 g/mol. The fourth-order valence-electron chi connectivity index (χ4n) is 2.61. The number of hydrogen-bond donors (Lipinski definition) is 5. The molecule has 2 aromatic rings. The van der Waals surface area contributed by atoms with E-state index in [0.29, 0.717) is 30.0 Å². The number of carbonyl (C=O) groups excluding carboxylic acids is 2. The van der Waals surface area contributed by atoms with Gasteiger partial charge in [-0.15, -0.1) is 0 Å². The Morgan fingerprint density at radius 1 is 1.20 bits per heavy atom. The molecule has 0 saturated carbocycles. The Morgan fingerprint density at radius 2 is 1.90 bits per heavy atom. The molecule has 1 atom stereocenters. The van der Waals surface area contributed by atoms with Gasteiger partial charge in [0.15, 0.2) is 0 Å². The minimum atomic E-state index is -0.441. The van der Waals surface area contributed by atoms with Gasteiger partial charge in [-0.1, -0.05) is 6.07 Å². The Bertz CT molecular complexity index is 902. The van der Waals surface area contributed by atoms with E-state index in [1.807, 2.05) is 19.1 Å². The van der Waals surface area contributed by atoms with Crippen LogP contribution in [0.2, 0.25) is 0 Å². The minimum absolute atomic E-state index is 0.0577. The maximum Gasteiger partial charge on any atom is 0.233 e. The standard InChI is InChI=1S/C21H25BrN4O4/c1-13(15-5-8-18(17(22)11-15)30-10-2-9-27)25-19(28)12-20(29)26-16-6-3-14(4-7-16)21(23)24/h3-8,11,13,27H,2,9-10,12H2,1H3,(H3,23,24)(H,25,28)(H,26,29). The van der Waals surface area contributed by atoms with E-state index in [2.05, 4.69) is 26.6 Å². The van der Waals surface area contributed by atoms with E-state index in [1.165, 1.54) is 0 Å². The number of aliphatic hydroxyl groups is 1.